The van der Waals surface area contributed by atoms with Gasteiger partial charge in [-0.25, -0.2) is 0 Å². The van der Waals surface area contributed by atoms with Gasteiger partial charge in [-0.1, -0.05) is 78.9 Å². The zero-order chi connectivity index (χ0) is 21.7. The highest BCUT2D eigenvalue weighted by molar-refractivity contribution is 5.82. The van der Waals surface area contributed by atoms with E-state index in [0.717, 1.165) is 24.7 Å². The first-order valence-electron chi connectivity index (χ1n) is 10.3. The molecule has 5 heteroatoms. The number of hydrogen-bond donors (Lipinski definition) is 0. The summed E-state index contributed by atoms with van der Waals surface area (Å²) in [5.41, 5.74) is 2.02. The van der Waals surface area contributed by atoms with E-state index in [1.165, 1.54) is 17.7 Å². The molecular formula is C26H24F3NO. The maximum atomic E-state index is 13.7. The standard InChI is InChI=1S/C26H24F3NO/c27-26(28,29)25-14-8-7-13-23(25)24(21-11-5-2-6-12-21)17-22-19-30(15-16-31-22)18-20-9-3-1-4-10-20/h1-14,17,22H,15-16,18-19H2/b24-17-. The molecule has 0 bridgehead atoms. The maximum absolute atomic E-state index is 13.7. The third-order valence-electron chi connectivity index (χ3n) is 5.39. The zero-order valence-corrected chi connectivity index (χ0v) is 17.1. The van der Waals surface area contributed by atoms with Crippen LogP contribution < -0.4 is 0 Å². The number of nitrogens with zero attached hydrogens (tertiary/aromatic N) is 1. The first-order chi connectivity index (χ1) is 15.0. The van der Waals surface area contributed by atoms with E-state index in [4.69, 9.17) is 4.74 Å². The van der Waals surface area contributed by atoms with Crippen LogP contribution in [-0.4, -0.2) is 30.7 Å². The minimum atomic E-state index is -4.43. The van der Waals surface area contributed by atoms with E-state index in [1.807, 2.05) is 54.6 Å². The van der Waals surface area contributed by atoms with Gasteiger partial charge in [0, 0.05) is 19.6 Å². The van der Waals surface area contributed by atoms with Gasteiger partial charge >= 0.3 is 6.18 Å². The monoisotopic (exact) mass is 423 g/mol. The molecule has 1 aliphatic heterocycles. The molecule has 31 heavy (non-hydrogen) atoms. The van der Waals surface area contributed by atoms with Crippen molar-refractivity contribution < 1.29 is 17.9 Å². The summed E-state index contributed by atoms with van der Waals surface area (Å²) in [5, 5.41) is 0. The van der Waals surface area contributed by atoms with Crippen molar-refractivity contribution in [1.29, 1.82) is 0 Å². The Labute approximate surface area is 180 Å². The van der Waals surface area contributed by atoms with E-state index in [2.05, 4.69) is 17.0 Å². The molecule has 4 rings (SSSR count). The largest absolute Gasteiger partial charge is 0.417 e. The maximum Gasteiger partial charge on any atom is 0.417 e. The minimum Gasteiger partial charge on any atom is -0.371 e. The van der Waals surface area contributed by atoms with Crippen molar-refractivity contribution in [2.24, 2.45) is 0 Å². The second kappa shape index (κ2) is 9.50. The van der Waals surface area contributed by atoms with E-state index in [9.17, 15) is 13.2 Å². The van der Waals surface area contributed by atoms with Gasteiger partial charge < -0.3 is 4.74 Å². The molecule has 1 fully saturated rings. The Morgan fingerprint density at radius 1 is 0.903 bits per heavy atom. The molecule has 0 aliphatic carbocycles. The van der Waals surface area contributed by atoms with Crippen molar-refractivity contribution >= 4 is 5.57 Å². The van der Waals surface area contributed by atoms with Gasteiger partial charge in [0.05, 0.1) is 18.3 Å². The summed E-state index contributed by atoms with van der Waals surface area (Å²) >= 11 is 0. The van der Waals surface area contributed by atoms with Crippen LogP contribution in [0.5, 0.6) is 0 Å². The number of ether oxygens (including phenoxy) is 1. The van der Waals surface area contributed by atoms with Crippen molar-refractivity contribution in [2.45, 2.75) is 18.8 Å². The van der Waals surface area contributed by atoms with Crippen LogP contribution in [0.25, 0.3) is 5.57 Å². The summed E-state index contributed by atoms with van der Waals surface area (Å²) in [6, 6.07) is 25.1. The lowest BCUT2D eigenvalue weighted by atomic mass is 9.92. The van der Waals surface area contributed by atoms with Crippen molar-refractivity contribution in [1.82, 2.24) is 4.90 Å². The first kappa shape index (κ1) is 21.3. The van der Waals surface area contributed by atoms with Crippen LogP contribution in [-0.2, 0) is 17.5 Å². The summed E-state index contributed by atoms with van der Waals surface area (Å²) in [7, 11) is 0. The molecule has 1 heterocycles. The molecule has 0 saturated carbocycles. The molecule has 3 aromatic rings. The summed E-state index contributed by atoms with van der Waals surface area (Å²) in [4.78, 5) is 2.28. The van der Waals surface area contributed by atoms with E-state index in [-0.39, 0.29) is 11.7 Å². The second-order valence-electron chi connectivity index (χ2n) is 7.62. The smallest absolute Gasteiger partial charge is 0.371 e. The van der Waals surface area contributed by atoms with Crippen molar-refractivity contribution in [2.75, 3.05) is 19.7 Å². The fraction of sp³-hybridized carbons (Fsp3) is 0.231. The molecule has 2 nitrogen and oxygen atoms in total. The van der Waals surface area contributed by atoms with Crippen molar-refractivity contribution in [3.63, 3.8) is 0 Å². The second-order valence-corrected chi connectivity index (χ2v) is 7.62. The normalized spacial score (nSPS) is 18.2. The van der Waals surface area contributed by atoms with Crippen LogP contribution in [0.15, 0.2) is 91.0 Å². The van der Waals surface area contributed by atoms with Crippen LogP contribution in [0.4, 0.5) is 13.2 Å². The third kappa shape index (κ3) is 5.43. The molecule has 0 spiro atoms. The fourth-order valence-electron chi connectivity index (χ4n) is 3.93. The Balaban J connectivity index is 1.67. The predicted octanol–water partition coefficient (Wildman–Crippen LogP) is 6.04. The molecule has 0 aromatic heterocycles. The average molecular weight is 423 g/mol. The van der Waals surface area contributed by atoms with Crippen LogP contribution in [0.1, 0.15) is 22.3 Å². The van der Waals surface area contributed by atoms with E-state index < -0.39 is 11.7 Å². The Kier molecular flexibility index (Phi) is 6.54. The van der Waals surface area contributed by atoms with Crippen molar-refractivity contribution in [3.8, 4) is 0 Å². The van der Waals surface area contributed by atoms with Gasteiger partial charge in [-0.2, -0.15) is 13.2 Å². The Hall–Kier alpha value is -2.89. The SMILES string of the molecule is FC(F)(F)c1ccccc1/C(=C\C1CN(Cc2ccccc2)CCO1)c1ccccc1. The predicted molar refractivity (Wildman–Crippen MR) is 116 cm³/mol. The molecule has 1 aliphatic rings. The molecule has 1 saturated heterocycles. The van der Waals surface area contributed by atoms with Crippen LogP contribution >= 0.6 is 0 Å². The van der Waals surface area contributed by atoms with E-state index in [1.54, 1.807) is 6.07 Å². The molecule has 3 aromatic carbocycles. The molecule has 0 radical (unpaired) electrons. The van der Waals surface area contributed by atoms with Crippen molar-refractivity contribution in [3.05, 3.63) is 113 Å². The molecule has 0 amide bonds. The molecule has 1 unspecified atom stereocenters. The van der Waals surface area contributed by atoms with Gasteiger partial charge in [0.25, 0.3) is 0 Å². The van der Waals surface area contributed by atoms with Crippen LogP contribution in [0.3, 0.4) is 0 Å². The Morgan fingerprint density at radius 3 is 2.26 bits per heavy atom. The van der Waals surface area contributed by atoms with Gasteiger partial charge in [-0.15, -0.1) is 0 Å². The summed E-state index contributed by atoms with van der Waals surface area (Å²) < 4.78 is 47.2. The summed E-state index contributed by atoms with van der Waals surface area (Å²) in [6.45, 7) is 2.74. The number of hydrogen-bond acceptors (Lipinski definition) is 2. The first-order valence-corrected chi connectivity index (χ1v) is 10.3. The number of alkyl halides is 3. The Bertz CT molecular complexity index is 1020. The molecular weight excluding hydrogens is 399 g/mol. The summed E-state index contributed by atoms with van der Waals surface area (Å²) in [5.74, 6) is 0. The van der Waals surface area contributed by atoms with Crippen LogP contribution in [0, 0.1) is 0 Å². The lowest BCUT2D eigenvalue weighted by molar-refractivity contribution is -0.137. The minimum absolute atomic E-state index is 0.171. The number of rotatable bonds is 5. The highest BCUT2D eigenvalue weighted by Crippen LogP contribution is 2.37. The molecule has 160 valence electrons. The molecule has 1 atom stereocenters. The average Bonchev–Trinajstić information content (AvgIpc) is 2.78. The topological polar surface area (TPSA) is 12.5 Å². The van der Waals surface area contributed by atoms with Crippen LogP contribution in [0.2, 0.25) is 0 Å². The van der Waals surface area contributed by atoms with Gasteiger partial charge in [-0.05, 0) is 34.4 Å². The fourth-order valence-corrected chi connectivity index (χ4v) is 3.93. The lowest BCUT2D eigenvalue weighted by Gasteiger charge is -2.32. The quantitative estimate of drug-likeness (QED) is 0.496. The highest BCUT2D eigenvalue weighted by Gasteiger charge is 2.34. The number of benzene rings is 3. The van der Waals surface area contributed by atoms with Gasteiger partial charge in [0.1, 0.15) is 0 Å². The van der Waals surface area contributed by atoms with Gasteiger partial charge in [0.2, 0.25) is 0 Å². The van der Waals surface area contributed by atoms with E-state index >= 15 is 0 Å². The number of halogens is 3. The Morgan fingerprint density at radius 2 is 1.55 bits per heavy atom. The highest BCUT2D eigenvalue weighted by atomic mass is 19.4. The van der Waals surface area contributed by atoms with Gasteiger partial charge in [0.15, 0.2) is 0 Å². The zero-order valence-electron chi connectivity index (χ0n) is 17.1. The third-order valence-corrected chi connectivity index (χ3v) is 5.39. The molecule has 0 N–H and O–H groups in total. The van der Waals surface area contributed by atoms with Gasteiger partial charge in [-0.3, -0.25) is 4.90 Å². The summed E-state index contributed by atoms with van der Waals surface area (Å²) in [6.07, 6.45) is -2.89. The lowest BCUT2D eigenvalue weighted by Crippen LogP contribution is -2.41. The van der Waals surface area contributed by atoms with E-state index in [0.29, 0.717) is 18.7 Å². The number of morpholine rings is 1.